The smallest absolute Gasteiger partial charge is 0.261 e. The Hall–Kier alpha value is -4.66. The molecule has 0 amide bonds. The maximum absolute atomic E-state index is 13.6. The number of aryl methyl sites for hydroxylation is 2. The van der Waals surface area contributed by atoms with Gasteiger partial charge in [0.25, 0.3) is 5.56 Å². The Labute approximate surface area is 219 Å². The molecule has 38 heavy (non-hydrogen) atoms. The lowest BCUT2D eigenvalue weighted by Gasteiger charge is -2.13. The Morgan fingerprint density at radius 2 is 1.82 bits per heavy atom. The van der Waals surface area contributed by atoms with E-state index in [0.717, 1.165) is 52.8 Å². The number of unbranched alkanes of at least 4 members (excludes halogenated alkanes) is 1. The first-order valence-electron chi connectivity index (χ1n) is 12.8. The molecule has 3 aromatic heterocycles. The Bertz CT molecular complexity index is 1830. The molecule has 9 heteroatoms. The lowest BCUT2D eigenvalue weighted by atomic mass is 10.1. The number of H-pyrrole nitrogens is 1. The third-order valence-electron chi connectivity index (χ3n) is 7.05. The third kappa shape index (κ3) is 4.06. The van der Waals surface area contributed by atoms with Gasteiger partial charge in [0.2, 0.25) is 5.82 Å². The van der Waals surface area contributed by atoms with Gasteiger partial charge in [-0.05, 0) is 47.9 Å². The predicted molar refractivity (Wildman–Crippen MR) is 148 cm³/mol. The number of imidazole rings is 1. The van der Waals surface area contributed by atoms with Gasteiger partial charge >= 0.3 is 0 Å². The van der Waals surface area contributed by atoms with Gasteiger partial charge in [0.15, 0.2) is 0 Å². The molecular formula is C29H28N8O. The summed E-state index contributed by atoms with van der Waals surface area (Å²) in [5.41, 5.74) is 6.43. The molecule has 0 aliphatic heterocycles. The highest BCUT2D eigenvalue weighted by Gasteiger charge is 2.18. The van der Waals surface area contributed by atoms with E-state index in [4.69, 9.17) is 9.97 Å². The monoisotopic (exact) mass is 504 g/mol. The number of aromatic nitrogens is 8. The molecule has 3 aromatic carbocycles. The van der Waals surface area contributed by atoms with Gasteiger partial charge in [-0.15, -0.1) is 10.2 Å². The molecule has 190 valence electrons. The number of aromatic amines is 1. The van der Waals surface area contributed by atoms with Crippen molar-refractivity contribution < 1.29 is 0 Å². The Morgan fingerprint density at radius 1 is 0.974 bits per heavy atom. The first kappa shape index (κ1) is 23.7. The number of nitrogens with zero attached hydrogens (tertiary/aromatic N) is 7. The SMILES string of the molecule is CCCCc1nc2c(C)cccc2n1Cc1ccc2nc(-c3ccccc3-c3nn[nH]n3)n(C)c(=O)c2c1. The summed E-state index contributed by atoms with van der Waals surface area (Å²) in [6.45, 7) is 4.93. The highest BCUT2D eigenvalue weighted by molar-refractivity contribution is 5.84. The number of para-hydroxylation sites is 1. The fourth-order valence-electron chi connectivity index (χ4n) is 5.03. The van der Waals surface area contributed by atoms with E-state index in [1.807, 2.05) is 36.4 Å². The predicted octanol–water partition coefficient (Wildman–Crippen LogP) is 4.83. The van der Waals surface area contributed by atoms with E-state index in [-0.39, 0.29) is 5.56 Å². The van der Waals surface area contributed by atoms with E-state index in [0.29, 0.717) is 29.1 Å². The van der Waals surface area contributed by atoms with Crippen molar-refractivity contribution in [1.29, 1.82) is 0 Å². The fourth-order valence-corrected chi connectivity index (χ4v) is 5.03. The number of rotatable bonds is 7. The second kappa shape index (κ2) is 9.66. The Kier molecular flexibility index (Phi) is 6.03. The van der Waals surface area contributed by atoms with Gasteiger partial charge in [0, 0.05) is 31.1 Å². The van der Waals surface area contributed by atoms with Crippen molar-refractivity contribution in [2.24, 2.45) is 7.05 Å². The molecule has 0 unspecified atom stereocenters. The molecule has 9 nitrogen and oxygen atoms in total. The molecule has 3 heterocycles. The van der Waals surface area contributed by atoms with Gasteiger partial charge in [-0.1, -0.05) is 55.8 Å². The molecule has 0 aliphatic carbocycles. The summed E-state index contributed by atoms with van der Waals surface area (Å²) in [5, 5.41) is 15.0. The van der Waals surface area contributed by atoms with E-state index in [9.17, 15) is 4.79 Å². The van der Waals surface area contributed by atoms with Crippen molar-refractivity contribution in [3.8, 4) is 22.8 Å². The van der Waals surface area contributed by atoms with Crippen molar-refractivity contribution >= 4 is 21.9 Å². The van der Waals surface area contributed by atoms with Crippen LogP contribution in [0.5, 0.6) is 0 Å². The molecular weight excluding hydrogens is 476 g/mol. The van der Waals surface area contributed by atoms with E-state index in [1.165, 1.54) is 5.56 Å². The summed E-state index contributed by atoms with van der Waals surface area (Å²) in [6.07, 6.45) is 3.11. The summed E-state index contributed by atoms with van der Waals surface area (Å²) in [7, 11) is 1.75. The minimum Gasteiger partial charge on any atom is -0.323 e. The second-order valence-corrected chi connectivity index (χ2v) is 9.59. The van der Waals surface area contributed by atoms with E-state index < -0.39 is 0 Å². The van der Waals surface area contributed by atoms with Gasteiger partial charge in [-0.3, -0.25) is 9.36 Å². The fraction of sp³-hybridized carbons (Fsp3) is 0.241. The highest BCUT2D eigenvalue weighted by Crippen LogP contribution is 2.29. The van der Waals surface area contributed by atoms with Crippen LogP contribution in [0.3, 0.4) is 0 Å². The lowest BCUT2D eigenvalue weighted by molar-refractivity contribution is 0.690. The molecule has 0 aliphatic rings. The largest absolute Gasteiger partial charge is 0.323 e. The second-order valence-electron chi connectivity index (χ2n) is 9.59. The Morgan fingerprint density at radius 3 is 2.61 bits per heavy atom. The molecule has 0 saturated carbocycles. The zero-order valence-corrected chi connectivity index (χ0v) is 21.6. The van der Waals surface area contributed by atoms with Crippen LogP contribution in [0.1, 0.15) is 36.7 Å². The van der Waals surface area contributed by atoms with Crippen LogP contribution in [0.4, 0.5) is 0 Å². The topological polar surface area (TPSA) is 107 Å². The summed E-state index contributed by atoms with van der Waals surface area (Å²) >= 11 is 0. The molecule has 0 bridgehead atoms. The van der Waals surface area contributed by atoms with Crippen LogP contribution in [0.15, 0.2) is 65.5 Å². The molecule has 6 rings (SSSR count). The molecule has 0 saturated heterocycles. The lowest BCUT2D eigenvalue weighted by Crippen LogP contribution is -2.20. The number of nitrogens with one attached hydrogen (secondary N) is 1. The molecule has 6 aromatic rings. The minimum absolute atomic E-state index is 0.104. The number of fused-ring (bicyclic) bond motifs is 2. The van der Waals surface area contributed by atoms with E-state index >= 15 is 0 Å². The van der Waals surface area contributed by atoms with Crippen LogP contribution >= 0.6 is 0 Å². The van der Waals surface area contributed by atoms with Gasteiger partial charge < -0.3 is 4.57 Å². The van der Waals surface area contributed by atoms with Crippen LogP contribution in [0.25, 0.3) is 44.7 Å². The number of benzene rings is 3. The number of tetrazole rings is 1. The van der Waals surface area contributed by atoms with E-state index in [2.05, 4.69) is 63.3 Å². The van der Waals surface area contributed by atoms with Crippen molar-refractivity contribution in [2.75, 3.05) is 0 Å². The first-order chi connectivity index (χ1) is 18.5. The standard InChI is InChI=1S/C29H28N8O/c1-4-5-13-25-31-26-18(2)9-8-12-24(26)37(25)17-19-14-15-23-22(16-19)29(38)36(3)28(30-23)21-11-7-6-10-20(21)27-32-34-35-33-27/h6-12,14-16H,4-5,13,17H2,1-3H3,(H,32,33,34,35). The van der Waals surface area contributed by atoms with Gasteiger partial charge in [-0.2, -0.15) is 5.21 Å². The van der Waals surface area contributed by atoms with Crippen molar-refractivity contribution in [3.63, 3.8) is 0 Å². The molecule has 1 N–H and O–H groups in total. The maximum Gasteiger partial charge on any atom is 0.261 e. The Balaban J connectivity index is 1.44. The molecule has 0 radical (unpaired) electrons. The summed E-state index contributed by atoms with van der Waals surface area (Å²) in [5.74, 6) is 2.08. The average molecular weight is 505 g/mol. The van der Waals surface area contributed by atoms with Gasteiger partial charge in [-0.25, -0.2) is 9.97 Å². The maximum atomic E-state index is 13.6. The quantitative estimate of drug-likeness (QED) is 0.334. The van der Waals surface area contributed by atoms with Crippen LogP contribution in [0, 0.1) is 6.92 Å². The van der Waals surface area contributed by atoms with Crippen molar-refractivity contribution in [3.05, 3.63) is 88.0 Å². The zero-order valence-electron chi connectivity index (χ0n) is 21.6. The van der Waals surface area contributed by atoms with Crippen LogP contribution in [-0.4, -0.2) is 39.7 Å². The third-order valence-corrected chi connectivity index (χ3v) is 7.05. The van der Waals surface area contributed by atoms with Crippen LogP contribution < -0.4 is 5.56 Å². The van der Waals surface area contributed by atoms with Crippen molar-refractivity contribution in [1.82, 2.24) is 39.7 Å². The van der Waals surface area contributed by atoms with E-state index in [1.54, 1.807) is 11.6 Å². The zero-order chi connectivity index (χ0) is 26.2. The first-order valence-corrected chi connectivity index (χ1v) is 12.8. The van der Waals surface area contributed by atoms with Crippen LogP contribution in [0.2, 0.25) is 0 Å². The van der Waals surface area contributed by atoms with Crippen molar-refractivity contribution in [2.45, 2.75) is 39.7 Å². The number of hydrogen-bond acceptors (Lipinski definition) is 6. The normalized spacial score (nSPS) is 11.6. The highest BCUT2D eigenvalue weighted by atomic mass is 16.1. The molecule has 0 spiro atoms. The molecule has 0 fully saturated rings. The summed E-state index contributed by atoms with van der Waals surface area (Å²) in [6, 6.07) is 19.9. The van der Waals surface area contributed by atoms with Crippen LogP contribution in [-0.2, 0) is 20.0 Å². The summed E-state index contributed by atoms with van der Waals surface area (Å²) < 4.78 is 3.88. The summed E-state index contributed by atoms with van der Waals surface area (Å²) in [4.78, 5) is 23.5. The minimum atomic E-state index is -0.104. The number of hydrogen-bond donors (Lipinski definition) is 1. The van der Waals surface area contributed by atoms with Gasteiger partial charge in [0.1, 0.15) is 11.6 Å². The average Bonchev–Trinajstić information content (AvgIpc) is 3.59. The molecule has 0 atom stereocenters. The van der Waals surface area contributed by atoms with Gasteiger partial charge in [0.05, 0.1) is 21.9 Å².